The Labute approximate surface area is 89.1 Å². The molecule has 0 radical (unpaired) electrons. The summed E-state index contributed by atoms with van der Waals surface area (Å²) in [6, 6.07) is -0.578. The molecule has 2 N–H and O–H groups in total. The molecule has 1 aromatic heterocycles. The van der Waals surface area contributed by atoms with E-state index in [4.69, 9.17) is 5.11 Å². The molecule has 1 rings (SSSR count). The van der Waals surface area contributed by atoms with E-state index in [1.165, 1.54) is 0 Å². The van der Waals surface area contributed by atoms with Gasteiger partial charge in [-0.2, -0.15) is 0 Å². The Hall–Kier alpha value is -1.52. The number of nitrogens with one attached hydrogen (secondary N) is 1. The van der Waals surface area contributed by atoms with Crippen LogP contribution < -0.4 is 5.32 Å². The van der Waals surface area contributed by atoms with Crippen LogP contribution >= 0.6 is 0 Å². The van der Waals surface area contributed by atoms with Crippen molar-refractivity contribution in [2.24, 2.45) is 13.0 Å². The van der Waals surface area contributed by atoms with Crippen LogP contribution in [0.1, 0.15) is 20.3 Å². The molecule has 0 aliphatic rings. The first-order valence-corrected chi connectivity index (χ1v) is 4.97. The van der Waals surface area contributed by atoms with Gasteiger partial charge in [-0.05, 0) is 12.3 Å². The Morgan fingerprint density at radius 1 is 1.67 bits per heavy atom. The summed E-state index contributed by atoms with van der Waals surface area (Å²) in [5, 5.41) is 11.9. The van der Waals surface area contributed by atoms with Crippen molar-refractivity contribution in [3.63, 3.8) is 0 Å². The Balaban J connectivity index is 2.67. The molecule has 0 aromatic carbocycles. The number of aryl methyl sites for hydroxylation is 1. The maximum Gasteiger partial charge on any atom is 0.326 e. The van der Waals surface area contributed by atoms with Crippen molar-refractivity contribution in [2.75, 3.05) is 5.32 Å². The predicted octanol–water partition coefficient (Wildman–Crippen LogP) is 1.33. The largest absolute Gasteiger partial charge is 0.480 e. The van der Waals surface area contributed by atoms with Crippen molar-refractivity contribution in [2.45, 2.75) is 26.3 Å². The Kier molecular flexibility index (Phi) is 3.71. The summed E-state index contributed by atoms with van der Waals surface area (Å²) in [5.41, 5.74) is 0. The van der Waals surface area contributed by atoms with Crippen molar-refractivity contribution in [3.05, 3.63) is 12.4 Å². The third kappa shape index (κ3) is 3.27. The average molecular weight is 211 g/mol. The van der Waals surface area contributed by atoms with E-state index in [-0.39, 0.29) is 0 Å². The number of aromatic nitrogens is 2. The summed E-state index contributed by atoms with van der Waals surface area (Å²) in [5.74, 6) is 0.0774. The molecule has 0 amide bonds. The highest BCUT2D eigenvalue weighted by Gasteiger charge is 2.19. The number of hydrogen-bond donors (Lipinski definition) is 2. The molecule has 1 aromatic rings. The highest BCUT2D eigenvalue weighted by molar-refractivity contribution is 5.76. The molecule has 0 fully saturated rings. The summed E-state index contributed by atoms with van der Waals surface area (Å²) in [4.78, 5) is 15.0. The van der Waals surface area contributed by atoms with Crippen molar-refractivity contribution >= 4 is 11.9 Å². The molecule has 0 bridgehead atoms. The maximum absolute atomic E-state index is 11.0. The first-order chi connectivity index (χ1) is 7.00. The molecule has 1 heterocycles. The van der Waals surface area contributed by atoms with Crippen molar-refractivity contribution in [3.8, 4) is 0 Å². The predicted molar refractivity (Wildman–Crippen MR) is 57.7 cm³/mol. The summed E-state index contributed by atoms with van der Waals surface area (Å²) in [7, 11) is 1.82. The van der Waals surface area contributed by atoms with Crippen molar-refractivity contribution < 1.29 is 9.90 Å². The number of imidazole rings is 1. The minimum absolute atomic E-state index is 0.332. The van der Waals surface area contributed by atoms with Crippen molar-refractivity contribution in [1.82, 2.24) is 9.55 Å². The van der Waals surface area contributed by atoms with Gasteiger partial charge in [-0.15, -0.1) is 0 Å². The molecule has 1 unspecified atom stereocenters. The van der Waals surface area contributed by atoms with Crippen LogP contribution in [-0.2, 0) is 11.8 Å². The van der Waals surface area contributed by atoms with Gasteiger partial charge in [0.1, 0.15) is 6.04 Å². The number of nitrogens with zero attached hydrogens (tertiary/aromatic N) is 2. The van der Waals surface area contributed by atoms with Gasteiger partial charge in [0.05, 0.1) is 0 Å². The third-order valence-corrected chi connectivity index (χ3v) is 2.13. The summed E-state index contributed by atoms with van der Waals surface area (Å²) >= 11 is 0. The van der Waals surface area contributed by atoms with E-state index in [2.05, 4.69) is 10.3 Å². The highest BCUT2D eigenvalue weighted by atomic mass is 16.4. The fourth-order valence-corrected chi connectivity index (χ4v) is 1.35. The molecule has 0 aliphatic heterocycles. The van der Waals surface area contributed by atoms with Crippen LogP contribution in [0.3, 0.4) is 0 Å². The Morgan fingerprint density at radius 2 is 2.33 bits per heavy atom. The van der Waals surface area contributed by atoms with Gasteiger partial charge in [-0.25, -0.2) is 9.78 Å². The molecular formula is C10H17N3O2. The molecule has 5 heteroatoms. The number of hydrogen-bond acceptors (Lipinski definition) is 3. The van der Waals surface area contributed by atoms with E-state index < -0.39 is 12.0 Å². The number of anilines is 1. The van der Waals surface area contributed by atoms with Crippen LogP contribution in [0.25, 0.3) is 0 Å². The fraction of sp³-hybridized carbons (Fsp3) is 0.600. The summed E-state index contributed by atoms with van der Waals surface area (Å²) < 4.78 is 1.76. The lowest BCUT2D eigenvalue weighted by Gasteiger charge is -2.16. The molecule has 0 spiro atoms. The SMILES string of the molecule is CC(C)CC(Nc1nccn1C)C(=O)O. The second kappa shape index (κ2) is 4.82. The number of aliphatic carboxylic acids is 1. The molecule has 0 saturated carbocycles. The molecule has 84 valence electrons. The second-order valence-electron chi connectivity index (χ2n) is 4.03. The number of carbonyl (C=O) groups is 1. The first kappa shape index (κ1) is 11.6. The molecule has 1 atom stereocenters. The highest BCUT2D eigenvalue weighted by Crippen LogP contribution is 2.11. The van der Waals surface area contributed by atoms with Crippen LogP contribution in [0.15, 0.2) is 12.4 Å². The van der Waals surface area contributed by atoms with Gasteiger partial charge in [0, 0.05) is 19.4 Å². The normalized spacial score (nSPS) is 12.8. The van der Waals surface area contributed by atoms with Crippen LogP contribution in [0.5, 0.6) is 0 Å². The van der Waals surface area contributed by atoms with E-state index in [0.717, 1.165) is 0 Å². The standard InChI is InChI=1S/C10H17N3O2/c1-7(2)6-8(9(14)15)12-10-11-4-5-13(10)3/h4-5,7-8H,6H2,1-3H3,(H,11,12)(H,14,15). The van der Waals surface area contributed by atoms with Gasteiger partial charge in [-0.1, -0.05) is 13.8 Å². The quantitative estimate of drug-likeness (QED) is 0.771. The fourth-order valence-electron chi connectivity index (χ4n) is 1.35. The summed E-state index contributed by atoms with van der Waals surface area (Å²) in [6.45, 7) is 3.99. The van der Waals surface area contributed by atoms with E-state index in [0.29, 0.717) is 18.3 Å². The lowest BCUT2D eigenvalue weighted by atomic mass is 10.0. The molecule has 0 saturated heterocycles. The monoisotopic (exact) mass is 211 g/mol. The minimum atomic E-state index is -0.841. The van der Waals surface area contributed by atoms with Gasteiger partial charge in [0.15, 0.2) is 0 Å². The van der Waals surface area contributed by atoms with Crippen molar-refractivity contribution in [1.29, 1.82) is 0 Å². The number of rotatable bonds is 5. The number of carboxylic acid groups (broad SMARTS) is 1. The van der Waals surface area contributed by atoms with Gasteiger partial charge in [0.2, 0.25) is 5.95 Å². The smallest absolute Gasteiger partial charge is 0.326 e. The lowest BCUT2D eigenvalue weighted by Crippen LogP contribution is -2.31. The molecule has 5 nitrogen and oxygen atoms in total. The van der Waals surface area contributed by atoms with E-state index in [1.807, 2.05) is 20.9 Å². The third-order valence-electron chi connectivity index (χ3n) is 2.13. The van der Waals surface area contributed by atoms with E-state index >= 15 is 0 Å². The van der Waals surface area contributed by atoms with Gasteiger partial charge >= 0.3 is 5.97 Å². The first-order valence-electron chi connectivity index (χ1n) is 4.97. The zero-order chi connectivity index (χ0) is 11.4. The maximum atomic E-state index is 11.0. The molecular weight excluding hydrogens is 194 g/mol. The minimum Gasteiger partial charge on any atom is -0.480 e. The lowest BCUT2D eigenvalue weighted by molar-refractivity contribution is -0.138. The second-order valence-corrected chi connectivity index (χ2v) is 4.03. The topological polar surface area (TPSA) is 67.2 Å². The van der Waals surface area contributed by atoms with Crippen LogP contribution in [0, 0.1) is 5.92 Å². The van der Waals surface area contributed by atoms with Crippen LogP contribution in [0.2, 0.25) is 0 Å². The molecule has 15 heavy (non-hydrogen) atoms. The zero-order valence-corrected chi connectivity index (χ0v) is 9.27. The van der Waals surface area contributed by atoms with Gasteiger partial charge in [0.25, 0.3) is 0 Å². The van der Waals surface area contributed by atoms with Crippen LogP contribution in [0.4, 0.5) is 5.95 Å². The Morgan fingerprint density at radius 3 is 2.73 bits per heavy atom. The molecule has 0 aliphatic carbocycles. The Bertz CT molecular complexity index is 333. The van der Waals surface area contributed by atoms with E-state index in [9.17, 15) is 4.79 Å². The van der Waals surface area contributed by atoms with Crippen LogP contribution in [-0.4, -0.2) is 26.7 Å². The van der Waals surface area contributed by atoms with Gasteiger partial charge < -0.3 is 15.0 Å². The zero-order valence-electron chi connectivity index (χ0n) is 9.27. The summed E-state index contributed by atoms with van der Waals surface area (Å²) in [6.07, 6.45) is 4.00. The average Bonchev–Trinajstić information content (AvgIpc) is 2.50. The van der Waals surface area contributed by atoms with Gasteiger partial charge in [-0.3, -0.25) is 0 Å². The van der Waals surface area contributed by atoms with E-state index in [1.54, 1.807) is 17.0 Å². The number of carboxylic acids is 1.